The fourth-order valence-corrected chi connectivity index (χ4v) is 2.87. The lowest BCUT2D eigenvalue weighted by Gasteiger charge is -2.10. The molecule has 0 aliphatic heterocycles. The van der Waals surface area contributed by atoms with E-state index in [1.807, 2.05) is 36.4 Å². The number of nitrogens with one attached hydrogen (secondary N) is 1. The average molecular weight is 418 g/mol. The van der Waals surface area contributed by atoms with Gasteiger partial charge in [0.25, 0.3) is 0 Å². The van der Waals surface area contributed by atoms with Gasteiger partial charge in [-0.05, 0) is 70.2 Å². The molecule has 2 aromatic rings. The second-order valence-electron chi connectivity index (χ2n) is 5.75. The highest BCUT2D eigenvalue weighted by Gasteiger charge is 2.06. The van der Waals surface area contributed by atoms with Crippen LogP contribution < -0.4 is 14.8 Å². The van der Waals surface area contributed by atoms with E-state index in [-0.39, 0.29) is 5.91 Å². The zero-order valence-electron chi connectivity index (χ0n) is 15.3. The lowest BCUT2D eigenvalue weighted by molar-refractivity contribution is -0.111. The summed E-state index contributed by atoms with van der Waals surface area (Å²) in [4.78, 5) is 12.2. The first-order chi connectivity index (χ1) is 12.6. The van der Waals surface area contributed by atoms with E-state index >= 15 is 0 Å². The molecule has 0 aliphatic rings. The second kappa shape index (κ2) is 10.0. The summed E-state index contributed by atoms with van der Waals surface area (Å²) in [5.74, 6) is 1.16. The summed E-state index contributed by atoms with van der Waals surface area (Å²) >= 11 is 3.49. The quantitative estimate of drug-likeness (QED) is 0.579. The van der Waals surface area contributed by atoms with Crippen molar-refractivity contribution < 1.29 is 14.3 Å². The smallest absolute Gasteiger partial charge is 0.248 e. The van der Waals surface area contributed by atoms with Crippen LogP contribution in [0.5, 0.6) is 11.5 Å². The van der Waals surface area contributed by atoms with Crippen molar-refractivity contribution in [1.29, 1.82) is 0 Å². The van der Waals surface area contributed by atoms with E-state index in [2.05, 4.69) is 35.1 Å². The maximum atomic E-state index is 12.2. The highest BCUT2D eigenvalue weighted by molar-refractivity contribution is 9.10. The third kappa shape index (κ3) is 5.63. The molecule has 2 aromatic carbocycles. The molecular formula is C21H24BrNO3. The summed E-state index contributed by atoms with van der Waals surface area (Å²) in [5, 5.41) is 2.87. The Hall–Kier alpha value is -2.27. The van der Waals surface area contributed by atoms with Crippen LogP contribution in [0, 0.1) is 0 Å². The van der Waals surface area contributed by atoms with Crippen molar-refractivity contribution in [2.24, 2.45) is 0 Å². The Morgan fingerprint density at radius 2 is 1.96 bits per heavy atom. The Labute approximate surface area is 163 Å². The van der Waals surface area contributed by atoms with E-state index < -0.39 is 0 Å². The van der Waals surface area contributed by atoms with Crippen molar-refractivity contribution in [3.63, 3.8) is 0 Å². The van der Waals surface area contributed by atoms with Crippen molar-refractivity contribution in [3.05, 3.63) is 58.1 Å². The molecule has 2 rings (SSSR count). The number of benzene rings is 2. The number of amides is 1. The number of carbonyl (C=O) groups excluding carboxylic acids is 1. The Morgan fingerprint density at radius 1 is 1.15 bits per heavy atom. The van der Waals surface area contributed by atoms with Crippen molar-refractivity contribution in [3.8, 4) is 11.5 Å². The molecule has 0 aromatic heterocycles. The average Bonchev–Trinajstić information content (AvgIpc) is 2.66. The normalized spacial score (nSPS) is 10.8. The highest BCUT2D eigenvalue weighted by atomic mass is 79.9. The molecule has 138 valence electrons. The van der Waals surface area contributed by atoms with E-state index in [0.29, 0.717) is 18.1 Å². The minimum absolute atomic E-state index is 0.194. The first-order valence-corrected chi connectivity index (χ1v) is 9.45. The molecule has 26 heavy (non-hydrogen) atoms. The molecule has 0 atom stereocenters. The van der Waals surface area contributed by atoms with Gasteiger partial charge in [-0.2, -0.15) is 0 Å². The Balaban J connectivity index is 2.05. The van der Waals surface area contributed by atoms with Crippen LogP contribution in [-0.4, -0.2) is 19.6 Å². The fourth-order valence-electron chi connectivity index (χ4n) is 2.35. The van der Waals surface area contributed by atoms with Crippen LogP contribution in [-0.2, 0) is 11.2 Å². The maximum absolute atomic E-state index is 12.2. The minimum Gasteiger partial charge on any atom is -0.493 e. The van der Waals surface area contributed by atoms with Crippen molar-refractivity contribution >= 4 is 33.6 Å². The molecule has 0 heterocycles. The van der Waals surface area contributed by atoms with Crippen LogP contribution in [0.25, 0.3) is 6.08 Å². The molecule has 0 aliphatic carbocycles. The molecule has 0 bridgehead atoms. The van der Waals surface area contributed by atoms with Gasteiger partial charge in [0.2, 0.25) is 5.91 Å². The maximum Gasteiger partial charge on any atom is 0.248 e. The third-order valence-electron chi connectivity index (χ3n) is 3.78. The number of ether oxygens (including phenoxy) is 2. The number of hydrogen-bond donors (Lipinski definition) is 1. The zero-order valence-corrected chi connectivity index (χ0v) is 16.9. The van der Waals surface area contributed by atoms with Crippen LogP contribution in [0.2, 0.25) is 0 Å². The Bertz CT molecular complexity index is 787. The van der Waals surface area contributed by atoms with E-state index in [1.54, 1.807) is 13.2 Å². The molecule has 5 heteroatoms. The first-order valence-electron chi connectivity index (χ1n) is 8.65. The zero-order chi connectivity index (χ0) is 18.9. The van der Waals surface area contributed by atoms with E-state index in [1.165, 1.54) is 11.6 Å². The largest absolute Gasteiger partial charge is 0.493 e. The van der Waals surface area contributed by atoms with Gasteiger partial charge in [-0.1, -0.05) is 26.0 Å². The summed E-state index contributed by atoms with van der Waals surface area (Å²) < 4.78 is 11.9. The summed E-state index contributed by atoms with van der Waals surface area (Å²) in [7, 11) is 1.60. The molecular weight excluding hydrogens is 394 g/mol. The Morgan fingerprint density at radius 3 is 2.62 bits per heavy atom. The Kier molecular flexibility index (Phi) is 7.73. The SMILES string of the molecule is CCCOc1ccc(/C=C/C(=O)Nc2ccc(CC)cc2Br)cc1OC. The molecule has 0 fully saturated rings. The van der Waals surface area contributed by atoms with Gasteiger partial charge >= 0.3 is 0 Å². The van der Waals surface area contributed by atoms with Crippen LogP contribution in [0.1, 0.15) is 31.4 Å². The van der Waals surface area contributed by atoms with Crippen LogP contribution in [0.4, 0.5) is 5.69 Å². The van der Waals surface area contributed by atoms with Crippen LogP contribution in [0.15, 0.2) is 46.9 Å². The van der Waals surface area contributed by atoms with Gasteiger partial charge in [-0.25, -0.2) is 0 Å². The number of methoxy groups -OCH3 is 1. The molecule has 0 radical (unpaired) electrons. The van der Waals surface area contributed by atoms with Crippen molar-refractivity contribution in [2.45, 2.75) is 26.7 Å². The van der Waals surface area contributed by atoms with E-state index in [9.17, 15) is 4.79 Å². The summed E-state index contributed by atoms with van der Waals surface area (Å²) in [6.07, 6.45) is 5.13. The minimum atomic E-state index is -0.194. The van der Waals surface area contributed by atoms with Crippen molar-refractivity contribution in [1.82, 2.24) is 0 Å². The van der Waals surface area contributed by atoms with Gasteiger partial charge in [0, 0.05) is 10.5 Å². The van der Waals surface area contributed by atoms with Gasteiger partial charge in [-0.3, -0.25) is 4.79 Å². The van der Waals surface area contributed by atoms with Gasteiger partial charge < -0.3 is 14.8 Å². The lowest BCUT2D eigenvalue weighted by atomic mass is 10.1. The van der Waals surface area contributed by atoms with Crippen LogP contribution in [0.3, 0.4) is 0 Å². The summed E-state index contributed by atoms with van der Waals surface area (Å²) in [6, 6.07) is 11.5. The number of rotatable bonds is 8. The van der Waals surface area contributed by atoms with Crippen molar-refractivity contribution in [2.75, 3.05) is 19.0 Å². The summed E-state index contributed by atoms with van der Waals surface area (Å²) in [5.41, 5.74) is 2.82. The number of carbonyl (C=O) groups is 1. The van der Waals surface area contributed by atoms with Gasteiger partial charge in [-0.15, -0.1) is 0 Å². The van der Waals surface area contributed by atoms with Gasteiger partial charge in [0.05, 0.1) is 19.4 Å². The number of hydrogen-bond acceptors (Lipinski definition) is 3. The fraction of sp³-hybridized carbons (Fsp3) is 0.286. The standard InChI is InChI=1S/C21H24BrNO3/c1-4-12-26-19-10-7-16(14-20(19)25-3)8-11-21(24)23-18-9-6-15(5-2)13-17(18)22/h6-11,13-14H,4-5,12H2,1-3H3,(H,23,24)/b11-8+. The molecule has 4 nitrogen and oxygen atoms in total. The second-order valence-corrected chi connectivity index (χ2v) is 6.60. The van der Waals surface area contributed by atoms with Crippen LogP contribution >= 0.6 is 15.9 Å². The molecule has 0 saturated heterocycles. The molecule has 1 N–H and O–H groups in total. The van der Waals surface area contributed by atoms with Gasteiger partial charge in [0.1, 0.15) is 0 Å². The molecule has 0 unspecified atom stereocenters. The summed E-state index contributed by atoms with van der Waals surface area (Å²) in [6.45, 7) is 4.78. The number of halogens is 1. The lowest BCUT2D eigenvalue weighted by Crippen LogP contribution is -2.08. The molecule has 0 saturated carbocycles. The first kappa shape index (κ1) is 20.0. The number of anilines is 1. The predicted molar refractivity (Wildman–Crippen MR) is 110 cm³/mol. The monoisotopic (exact) mass is 417 g/mol. The molecule has 0 spiro atoms. The molecule has 1 amide bonds. The third-order valence-corrected chi connectivity index (χ3v) is 4.43. The van der Waals surface area contributed by atoms with E-state index in [4.69, 9.17) is 9.47 Å². The predicted octanol–water partition coefficient (Wildman–Crippen LogP) is 5.46. The van der Waals surface area contributed by atoms with E-state index in [0.717, 1.165) is 28.6 Å². The highest BCUT2D eigenvalue weighted by Crippen LogP contribution is 2.29. The topological polar surface area (TPSA) is 47.6 Å². The number of aryl methyl sites for hydroxylation is 1. The van der Waals surface area contributed by atoms with Gasteiger partial charge in [0.15, 0.2) is 11.5 Å².